The summed E-state index contributed by atoms with van der Waals surface area (Å²) in [7, 11) is 5.30. The van der Waals surface area contributed by atoms with Crippen LogP contribution in [0.2, 0.25) is 0 Å². The van der Waals surface area contributed by atoms with E-state index in [2.05, 4.69) is 44.4 Å². The van der Waals surface area contributed by atoms with Crippen LogP contribution in [0.25, 0.3) is 11.1 Å². The molecule has 0 radical (unpaired) electrons. The van der Waals surface area contributed by atoms with Gasteiger partial charge in [0.2, 0.25) is 0 Å². The summed E-state index contributed by atoms with van der Waals surface area (Å²) in [4.78, 5) is 20.2. The molecule has 3 heterocycles. The highest BCUT2D eigenvalue weighted by molar-refractivity contribution is 5.80. The summed E-state index contributed by atoms with van der Waals surface area (Å²) in [5.74, 6) is 1.72. The highest BCUT2D eigenvalue weighted by atomic mass is 16.5. The third kappa shape index (κ3) is 3.35. The van der Waals surface area contributed by atoms with Crippen molar-refractivity contribution < 1.29 is 14.3 Å². The number of likely N-dealkylation sites (N-methyl/N-ethyl adjacent to an activating group) is 1. The number of aromatic nitrogens is 1. The van der Waals surface area contributed by atoms with E-state index in [0.717, 1.165) is 41.5 Å². The standard InChI is InChI=1S/C19H23N5O3/c1-23-6-7-27-16-5-4-12(8-14(16)11-23)13-9-15-17(20-10-13)24(2)18(21-15)22-19(25)26-3/h4-5,8-10,18,21H,6-7,11H2,1-3H3,(H,22,25). The number of alkyl carbamates (subject to hydrolysis) is 1. The number of amides is 1. The average molecular weight is 369 g/mol. The van der Waals surface area contributed by atoms with E-state index in [1.54, 1.807) is 0 Å². The van der Waals surface area contributed by atoms with Crippen molar-refractivity contribution in [3.05, 3.63) is 36.0 Å². The van der Waals surface area contributed by atoms with Crippen molar-refractivity contribution in [1.29, 1.82) is 0 Å². The Balaban J connectivity index is 1.61. The zero-order chi connectivity index (χ0) is 19.0. The molecule has 0 saturated heterocycles. The van der Waals surface area contributed by atoms with Crippen molar-refractivity contribution in [3.8, 4) is 16.9 Å². The van der Waals surface area contributed by atoms with Crippen molar-refractivity contribution in [3.63, 3.8) is 0 Å². The molecule has 8 nitrogen and oxygen atoms in total. The number of fused-ring (bicyclic) bond motifs is 2. The number of hydrogen-bond acceptors (Lipinski definition) is 7. The number of rotatable bonds is 2. The molecule has 8 heteroatoms. The predicted molar refractivity (Wildman–Crippen MR) is 103 cm³/mol. The minimum Gasteiger partial charge on any atom is -0.492 e. The summed E-state index contributed by atoms with van der Waals surface area (Å²) in [6.45, 7) is 2.47. The van der Waals surface area contributed by atoms with Gasteiger partial charge in [-0.2, -0.15) is 0 Å². The molecule has 27 heavy (non-hydrogen) atoms. The monoisotopic (exact) mass is 369 g/mol. The van der Waals surface area contributed by atoms with Gasteiger partial charge in [0.15, 0.2) is 12.1 Å². The van der Waals surface area contributed by atoms with Gasteiger partial charge in [0, 0.05) is 37.5 Å². The lowest BCUT2D eigenvalue weighted by atomic mass is 10.0. The minimum absolute atomic E-state index is 0.399. The maximum absolute atomic E-state index is 11.5. The van der Waals surface area contributed by atoms with Gasteiger partial charge in [-0.3, -0.25) is 10.2 Å². The Bertz CT molecular complexity index is 872. The van der Waals surface area contributed by atoms with Gasteiger partial charge < -0.3 is 19.7 Å². The second-order valence-corrected chi connectivity index (χ2v) is 6.80. The summed E-state index contributed by atoms with van der Waals surface area (Å²) >= 11 is 0. The molecule has 1 aromatic carbocycles. The molecule has 0 spiro atoms. The van der Waals surface area contributed by atoms with Gasteiger partial charge in [-0.15, -0.1) is 0 Å². The first-order chi connectivity index (χ1) is 13.0. The molecule has 0 aliphatic carbocycles. The van der Waals surface area contributed by atoms with Crippen LogP contribution in [0.4, 0.5) is 16.3 Å². The van der Waals surface area contributed by atoms with E-state index in [9.17, 15) is 4.79 Å². The zero-order valence-corrected chi connectivity index (χ0v) is 15.7. The topological polar surface area (TPSA) is 79.0 Å². The van der Waals surface area contributed by atoms with Crippen LogP contribution in [0.3, 0.4) is 0 Å². The number of nitrogens with one attached hydrogen (secondary N) is 2. The molecular weight excluding hydrogens is 346 g/mol. The van der Waals surface area contributed by atoms with Gasteiger partial charge in [0.05, 0.1) is 12.8 Å². The fraction of sp³-hybridized carbons (Fsp3) is 0.368. The molecule has 1 amide bonds. The van der Waals surface area contributed by atoms with E-state index in [1.807, 2.05) is 30.3 Å². The normalized spacial score (nSPS) is 18.6. The van der Waals surface area contributed by atoms with E-state index in [4.69, 9.17) is 4.74 Å². The fourth-order valence-corrected chi connectivity index (χ4v) is 3.38. The first-order valence-corrected chi connectivity index (χ1v) is 8.83. The Morgan fingerprint density at radius 1 is 1.33 bits per heavy atom. The van der Waals surface area contributed by atoms with Crippen LogP contribution in [0.5, 0.6) is 5.75 Å². The van der Waals surface area contributed by atoms with Crippen LogP contribution in [0.1, 0.15) is 5.56 Å². The van der Waals surface area contributed by atoms with E-state index < -0.39 is 12.4 Å². The van der Waals surface area contributed by atoms with Gasteiger partial charge in [0.25, 0.3) is 0 Å². The van der Waals surface area contributed by atoms with Crippen LogP contribution in [-0.2, 0) is 11.3 Å². The van der Waals surface area contributed by atoms with E-state index >= 15 is 0 Å². The molecule has 2 aliphatic heterocycles. The molecule has 142 valence electrons. The van der Waals surface area contributed by atoms with Gasteiger partial charge in [-0.1, -0.05) is 6.07 Å². The zero-order valence-electron chi connectivity index (χ0n) is 15.7. The summed E-state index contributed by atoms with van der Waals surface area (Å²) in [5, 5.41) is 5.99. The number of carbonyl (C=O) groups excluding carboxylic acids is 1. The predicted octanol–water partition coefficient (Wildman–Crippen LogP) is 2.07. The first-order valence-electron chi connectivity index (χ1n) is 8.83. The van der Waals surface area contributed by atoms with Crippen molar-refractivity contribution >= 4 is 17.6 Å². The number of pyridine rings is 1. The highest BCUT2D eigenvalue weighted by Gasteiger charge is 2.29. The second-order valence-electron chi connectivity index (χ2n) is 6.80. The molecule has 1 aromatic heterocycles. The smallest absolute Gasteiger partial charge is 0.409 e. The SMILES string of the molecule is COC(=O)NC1Nc2cc(-c3ccc4c(c3)CN(C)CCO4)cnc2N1C. The lowest BCUT2D eigenvalue weighted by Gasteiger charge is -2.21. The summed E-state index contributed by atoms with van der Waals surface area (Å²) in [6.07, 6.45) is 0.951. The number of benzene rings is 1. The molecule has 0 fully saturated rings. The Morgan fingerprint density at radius 3 is 3.00 bits per heavy atom. The Hall–Kier alpha value is -3.00. The minimum atomic E-state index is -0.498. The summed E-state index contributed by atoms with van der Waals surface area (Å²) < 4.78 is 10.5. The van der Waals surface area contributed by atoms with Gasteiger partial charge in [-0.05, 0) is 30.8 Å². The van der Waals surface area contributed by atoms with Gasteiger partial charge in [-0.25, -0.2) is 9.78 Å². The third-order valence-corrected chi connectivity index (χ3v) is 4.88. The summed E-state index contributed by atoms with van der Waals surface area (Å²) in [6, 6.07) is 8.28. The molecular formula is C19H23N5O3. The van der Waals surface area contributed by atoms with Crippen LogP contribution < -0.4 is 20.3 Å². The molecule has 1 unspecified atom stereocenters. The second kappa shape index (κ2) is 6.96. The maximum Gasteiger partial charge on any atom is 0.409 e. The first kappa shape index (κ1) is 17.4. The Labute approximate surface area is 158 Å². The van der Waals surface area contributed by atoms with E-state index in [1.165, 1.54) is 12.7 Å². The van der Waals surface area contributed by atoms with Crippen LogP contribution in [0, 0.1) is 0 Å². The van der Waals surface area contributed by atoms with Crippen molar-refractivity contribution in [2.24, 2.45) is 0 Å². The Kier molecular flexibility index (Phi) is 4.49. The lowest BCUT2D eigenvalue weighted by Crippen LogP contribution is -2.48. The van der Waals surface area contributed by atoms with Gasteiger partial charge >= 0.3 is 6.09 Å². The molecule has 2 aromatic rings. The molecule has 4 rings (SSSR count). The van der Waals surface area contributed by atoms with Crippen LogP contribution in [-0.4, -0.2) is 56.6 Å². The largest absolute Gasteiger partial charge is 0.492 e. The van der Waals surface area contributed by atoms with Gasteiger partial charge in [0.1, 0.15) is 12.4 Å². The molecule has 0 bridgehead atoms. The van der Waals surface area contributed by atoms with Crippen LogP contribution >= 0.6 is 0 Å². The molecule has 2 aliphatic rings. The average Bonchev–Trinajstić information content (AvgIpc) is 2.84. The molecule has 0 saturated carbocycles. The van der Waals surface area contributed by atoms with Crippen LogP contribution in [0.15, 0.2) is 30.5 Å². The van der Waals surface area contributed by atoms with Crippen molar-refractivity contribution in [1.82, 2.24) is 15.2 Å². The van der Waals surface area contributed by atoms with E-state index in [0.29, 0.717) is 6.61 Å². The number of ether oxygens (including phenoxy) is 2. The van der Waals surface area contributed by atoms with Crippen molar-refractivity contribution in [2.45, 2.75) is 12.8 Å². The third-order valence-electron chi connectivity index (χ3n) is 4.88. The fourth-order valence-electron chi connectivity index (χ4n) is 3.38. The van der Waals surface area contributed by atoms with Crippen molar-refractivity contribution in [2.75, 3.05) is 44.6 Å². The van der Waals surface area contributed by atoms with E-state index in [-0.39, 0.29) is 0 Å². The molecule has 1 atom stereocenters. The number of methoxy groups -OCH3 is 1. The lowest BCUT2D eigenvalue weighted by molar-refractivity contribution is 0.168. The number of hydrogen-bond donors (Lipinski definition) is 2. The number of anilines is 2. The Morgan fingerprint density at radius 2 is 2.19 bits per heavy atom. The number of carbonyl (C=O) groups is 1. The summed E-state index contributed by atoms with van der Waals surface area (Å²) in [5.41, 5.74) is 4.11. The quantitative estimate of drug-likeness (QED) is 0.839. The maximum atomic E-state index is 11.5. The highest BCUT2D eigenvalue weighted by Crippen LogP contribution is 2.35. The molecule has 2 N–H and O–H groups in total. The number of nitrogens with zero attached hydrogens (tertiary/aromatic N) is 3.